The number of hydrogen-bond acceptors (Lipinski definition) is 3. The molecule has 3 aliphatic rings. The van der Waals surface area contributed by atoms with Crippen molar-refractivity contribution in [2.24, 2.45) is 5.10 Å². The minimum Gasteiger partial charge on any atom is -0.333 e. The summed E-state index contributed by atoms with van der Waals surface area (Å²) in [4.78, 5) is 12.9. The van der Waals surface area contributed by atoms with Crippen LogP contribution in [-0.4, -0.2) is 35.7 Å². The highest BCUT2D eigenvalue weighted by molar-refractivity contribution is 6.06. The van der Waals surface area contributed by atoms with E-state index in [4.69, 9.17) is 0 Å². The number of hydrazone groups is 1. The van der Waals surface area contributed by atoms with Gasteiger partial charge in [-0.1, -0.05) is 6.08 Å². The van der Waals surface area contributed by atoms with E-state index in [-0.39, 0.29) is 6.04 Å². The number of fused-ring (bicyclic) bond motifs is 4. The van der Waals surface area contributed by atoms with Gasteiger partial charge in [-0.3, -0.25) is 4.79 Å². The summed E-state index contributed by atoms with van der Waals surface area (Å²) >= 11 is 0. The van der Waals surface area contributed by atoms with Crippen LogP contribution >= 0.6 is 0 Å². The van der Waals surface area contributed by atoms with Gasteiger partial charge in [0, 0.05) is 6.04 Å². The summed E-state index contributed by atoms with van der Waals surface area (Å²) in [7, 11) is 0. The minimum absolute atomic E-state index is 0.241. The van der Waals surface area contributed by atoms with Crippen LogP contribution in [0.4, 0.5) is 0 Å². The van der Waals surface area contributed by atoms with Crippen molar-refractivity contribution in [1.29, 1.82) is 0 Å². The van der Waals surface area contributed by atoms with E-state index in [1.807, 2.05) is 4.90 Å². The molecule has 4 nitrogen and oxygen atoms in total. The van der Waals surface area contributed by atoms with E-state index in [2.05, 4.69) is 16.6 Å². The van der Waals surface area contributed by atoms with E-state index in [9.17, 15) is 4.79 Å². The van der Waals surface area contributed by atoms with Crippen molar-refractivity contribution in [1.82, 2.24) is 10.3 Å². The molecule has 3 aliphatic heterocycles. The summed E-state index contributed by atoms with van der Waals surface area (Å²) < 4.78 is 0. The first kappa shape index (κ1) is 8.03. The lowest BCUT2D eigenvalue weighted by Crippen LogP contribution is -2.47. The van der Waals surface area contributed by atoms with Crippen LogP contribution in [0, 0.1) is 0 Å². The lowest BCUT2D eigenvalue weighted by atomic mass is 9.94. The predicted molar refractivity (Wildman–Crippen MR) is 52.9 cm³/mol. The molecule has 14 heavy (non-hydrogen) atoms. The van der Waals surface area contributed by atoms with E-state index in [1.165, 1.54) is 5.57 Å². The zero-order valence-corrected chi connectivity index (χ0v) is 7.94. The summed E-state index contributed by atoms with van der Waals surface area (Å²) in [5.74, 6) is 0. The normalized spacial score (nSPS) is 34.1. The van der Waals surface area contributed by atoms with Crippen molar-refractivity contribution >= 4 is 12.1 Å². The van der Waals surface area contributed by atoms with Crippen LogP contribution in [0.5, 0.6) is 0 Å². The molecule has 2 saturated heterocycles. The zero-order chi connectivity index (χ0) is 9.54. The van der Waals surface area contributed by atoms with Crippen LogP contribution in [0.25, 0.3) is 0 Å². The maximum atomic E-state index is 10.9. The Morgan fingerprint density at radius 1 is 1.57 bits per heavy atom. The second-order valence-electron chi connectivity index (χ2n) is 4.09. The minimum atomic E-state index is 0.241. The summed E-state index contributed by atoms with van der Waals surface area (Å²) in [6, 6.07) is 0.672. The Morgan fingerprint density at radius 3 is 3.36 bits per heavy atom. The third-order valence-corrected chi connectivity index (χ3v) is 3.42. The van der Waals surface area contributed by atoms with Gasteiger partial charge in [0.15, 0.2) is 0 Å². The van der Waals surface area contributed by atoms with Crippen molar-refractivity contribution in [2.75, 3.05) is 6.54 Å². The average molecular weight is 191 g/mol. The van der Waals surface area contributed by atoms with E-state index in [0.717, 1.165) is 37.9 Å². The molecule has 2 atom stereocenters. The van der Waals surface area contributed by atoms with Crippen molar-refractivity contribution in [3.63, 3.8) is 0 Å². The number of piperidine rings is 1. The van der Waals surface area contributed by atoms with Crippen molar-refractivity contribution < 1.29 is 4.79 Å². The van der Waals surface area contributed by atoms with Crippen molar-refractivity contribution in [3.05, 3.63) is 11.6 Å². The molecule has 3 rings (SSSR count). The van der Waals surface area contributed by atoms with Gasteiger partial charge in [0.05, 0.1) is 18.3 Å². The highest BCUT2D eigenvalue weighted by Crippen LogP contribution is 2.36. The van der Waals surface area contributed by atoms with Gasteiger partial charge in [0.2, 0.25) is 6.41 Å². The maximum Gasteiger partial charge on any atom is 0.210 e. The average Bonchev–Trinajstić information content (AvgIpc) is 2.53. The Bertz CT molecular complexity index is 334. The number of nitrogens with zero attached hydrogens (tertiary/aromatic N) is 2. The van der Waals surface area contributed by atoms with E-state index in [0.29, 0.717) is 6.04 Å². The maximum absolute atomic E-state index is 10.9. The van der Waals surface area contributed by atoms with E-state index >= 15 is 0 Å². The fourth-order valence-electron chi connectivity index (χ4n) is 2.75. The Labute approximate surface area is 82.7 Å². The van der Waals surface area contributed by atoms with Crippen LogP contribution in [0.15, 0.2) is 16.8 Å². The molecule has 4 heteroatoms. The number of hydrogen-bond donors (Lipinski definition) is 1. The molecule has 0 aliphatic carbocycles. The van der Waals surface area contributed by atoms with Gasteiger partial charge < -0.3 is 10.3 Å². The van der Waals surface area contributed by atoms with Gasteiger partial charge in [-0.25, -0.2) is 0 Å². The molecule has 1 N–H and O–H groups in total. The fourth-order valence-corrected chi connectivity index (χ4v) is 2.75. The molecule has 2 fully saturated rings. The second-order valence-corrected chi connectivity index (χ2v) is 4.09. The SMILES string of the molecule is O=CN1C2CCC1C1=NNCC=C1C2. The van der Waals surface area contributed by atoms with E-state index in [1.54, 1.807) is 0 Å². The van der Waals surface area contributed by atoms with Crippen LogP contribution in [0.2, 0.25) is 0 Å². The Hall–Kier alpha value is -1.32. The Balaban J connectivity index is 2.00. The van der Waals surface area contributed by atoms with Crippen LogP contribution in [0.3, 0.4) is 0 Å². The Kier molecular flexibility index (Phi) is 1.63. The highest BCUT2D eigenvalue weighted by Gasteiger charge is 2.42. The predicted octanol–water partition coefficient (Wildman–Crippen LogP) is 0.265. The smallest absolute Gasteiger partial charge is 0.210 e. The zero-order valence-electron chi connectivity index (χ0n) is 7.94. The van der Waals surface area contributed by atoms with Gasteiger partial charge in [-0.2, -0.15) is 5.10 Å². The molecule has 0 aromatic rings. The Morgan fingerprint density at radius 2 is 2.50 bits per heavy atom. The first-order chi connectivity index (χ1) is 6.90. The first-order valence-corrected chi connectivity index (χ1v) is 5.12. The number of carbonyl (C=O) groups excluding carboxylic acids is 1. The fraction of sp³-hybridized carbons (Fsp3) is 0.600. The van der Waals surface area contributed by atoms with E-state index < -0.39 is 0 Å². The number of rotatable bonds is 1. The molecular weight excluding hydrogens is 178 g/mol. The number of carbonyl (C=O) groups is 1. The third kappa shape index (κ3) is 0.937. The van der Waals surface area contributed by atoms with Crippen LogP contribution in [0.1, 0.15) is 19.3 Å². The molecule has 0 aromatic heterocycles. The molecule has 2 unspecified atom stereocenters. The second kappa shape index (κ2) is 2.83. The molecule has 0 radical (unpaired) electrons. The van der Waals surface area contributed by atoms with Crippen LogP contribution in [-0.2, 0) is 4.79 Å². The summed E-state index contributed by atoms with van der Waals surface area (Å²) in [6.07, 6.45) is 6.38. The molecule has 2 bridgehead atoms. The van der Waals surface area contributed by atoms with Gasteiger partial charge in [0.25, 0.3) is 0 Å². The highest BCUT2D eigenvalue weighted by atomic mass is 16.1. The topological polar surface area (TPSA) is 44.7 Å². The van der Waals surface area contributed by atoms with Crippen molar-refractivity contribution in [3.8, 4) is 0 Å². The third-order valence-electron chi connectivity index (χ3n) is 3.42. The van der Waals surface area contributed by atoms with Gasteiger partial charge >= 0.3 is 0 Å². The first-order valence-electron chi connectivity index (χ1n) is 5.12. The summed E-state index contributed by atoms with van der Waals surface area (Å²) in [5.41, 5.74) is 5.43. The lowest BCUT2D eigenvalue weighted by molar-refractivity contribution is -0.119. The molecule has 1 amide bonds. The lowest BCUT2D eigenvalue weighted by Gasteiger charge is -2.35. The number of amides is 1. The standard InChI is InChI=1S/C10H13N3O/c14-6-13-8-1-2-9(13)10-7(5-8)3-4-11-12-10/h3,6,8-9,11H,1-2,4-5H2. The molecular formula is C10H13N3O. The summed E-state index contributed by atoms with van der Waals surface area (Å²) in [6.45, 7) is 0.833. The molecule has 0 saturated carbocycles. The van der Waals surface area contributed by atoms with Gasteiger partial charge in [-0.15, -0.1) is 0 Å². The molecule has 0 spiro atoms. The summed E-state index contributed by atoms with van der Waals surface area (Å²) in [5, 5.41) is 4.33. The molecule has 3 heterocycles. The largest absolute Gasteiger partial charge is 0.333 e. The quantitative estimate of drug-likeness (QED) is 0.604. The van der Waals surface area contributed by atoms with Crippen molar-refractivity contribution in [2.45, 2.75) is 31.3 Å². The van der Waals surface area contributed by atoms with Gasteiger partial charge in [0.1, 0.15) is 0 Å². The molecule has 74 valence electrons. The van der Waals surface area contributed by atoms with Crippen LogP contribution < -0.4 is 5.43 Å². The van der Waals surface area contributed by atoms with Gasteiger partial charge in [-0.05, 0) is 24.8 Å². The monoisotopic (exact) mass is 191 g/mol. The molecule has 0 aromatic carbocycles. The number of nitrogens with one attached hydrogen (secondary N) is 1.